The number of hydrogen-bond donors (Lipinski definition) is 1. The molecule has 0 saturated heterocycles. The fourth-order valence-electron chi connectivity index (χ4n) is 1.33. The third kappa shape index (κ3) is 2.60. The number of rotatable bonds is 3. The fraction of sp³-hybridized carbons (Fsp3) is 0. The van der Waals surface area contributed by atoms with E-state index in [4.69, 9.17) is 22.7 Å². The third-order valence-corrected chi connectivity index (χ3v) is 2.31. The van der Waals surface area contributed by atoms with Gasteiger partial charge in [0.15, 0.2) is 17.3 Å². The van der Waals surface area contributed by atoms with Crippen LogP contribution >= 0.6 is 12.2 Å². The molecule has 0 saturated carbocycles. The number of benzene rings is 1. The molecule has 0 unspecified atom stereocenters. The first-order valence-electron chi connectivity index (χ1n) is 4.95. The smallest absolute Gasteiger partial charge is 0.166 e. The molecule has 6 heteroatoms. The third-order valence-electron chi connectivity index (χ3n) is 2.12. The predicted molar refractivity (Wildman–Crippen MR) is 66.6 cm³/mol. The lowest BCUT2D eigenvalue weighted by Gasteiger charge is -2.09. The second-order valence-electron chi connectivity index (χ2n) is 3.39. The summed E-state index contributed by atoms with van der Waals surface area (Å²) < 4.78 is 31.6. The number of pyridine rings is 1. The first-order valence-corrected chi connectivity index (χ1v) is 5.36. The molecule has 2 aromatic rings. The van der Waals surface area contributed by atoms with E-state index in [0.717, 1.165) is 18.2 Å². The fourth-order valence-corrected chi connectivity index (χ4v) is 1.49. The topological polar surface area (TPSA) is 48.1 Å². The SMILES string of the molecule is NC(=S)c1ncccc1Oc1cc(F)ccc1F. The Hall–Kier alpha value is -2.08. The molecule has 0 atom stereocenters. The second kappa shape index (κ2) is 5.05. The van der Waals surface area contributed by atoms with Gasteiger partial charge in [-0.25, -0.2) is 13.8 Å². The molecule has 0 bridgehead atoms. The molecule has 0 fully saturated rings. The van der Waals surface area contributed by atoms with Crippen LogP contribution in [0.3, 0.4) is 0 Å². The molecule has 0 amide bonds. The lowest BCUT2D eigenvalue weighted by Crippen LogP contribution is -2.12. The molecule has 0 aliphatic heterocycles. The molecule has 2 N–H and O–H groups in total. The lowest BCUT2D eigenvalue weighted by molar-refractivity contribution is 0.434. The van der Waals surface area contributed by atoms with Crippen molar-refractivity contribution in [1.29, 1.82) is 0 Å². The summed E-state index contributed by atoms with van der Waals surface area (Å²) in [4.78, 5) is 3.94. The minimum atomic E-state index is -0.686. The monoisotopic (exact) mass is 266 g/mol. The number of ether oxygens (including phenoxy) is 1. The van der Waals surface area contributed by atoms with Crippen LogP contribution in [0.2, 0.25) is 0 Å². The van der Waals surface area contributed by atoms with Gasteiger partial charge in [-0.3, -0.25) is 0 Å². The van der Waals surface area contributed by atoms with Crippen molar-refractivity contribution in [1.82, 2.24) is 4.98 Å². The van der Waals surface area contributed by atoms with Crippen molar-refractivity contribution in [3.63, 3.8) is 0 Å². The van der Waals surface area contributed by atoms with Gasteiger partial charge in [0.25, 0.3) is 0 Å². The van der Waals surface area contributed by atoms with E-state index in [0.29, 0.717) is 0 Å². The van der Waals surface area contributed by atoms with E-state index in [1.807, 2.05) is 0 Å². The van der Waals surface area contributed by atoms with Crippen LogP contribution in [-0.4, -0.2) is 9.97 Å². The summed E-state index contributed by atoms with van der Waals surface area (Å²) in [5.74, 6) is -1.36. The van der Waals surface area contributed by atoms with Crippen molar-refractivity contribution >= 4 is 17.2 Å². The Labute approximate surface area is 107 Å². The van der Waals surface area contributed by atoms with Crippen LogP contribution in [0.4, 0.5) is 8.78 Å². The van der Waals surface area contributed by atoms with Crippen molar-refractivity contribution in [2.45, 2.75) is 0 Å². The minimum Gasteiger partial charge on any atom is -0.452 e. The van der Waals surface area contributed by atoms with Gasteiger partial charge in [-0.15, -0.1) is 0 Å². The van der Waals surface area contributed by atoms with Gasteiger partial charge in [0, 0.05) is 12.3 Å². The zero-order valence-corrected chi connectivity index (χ0v) is 9.88. The van der Waals surface area contributed by atoms with Gasteiger partial charge in [-0.05, 0) is 24.3 Å². The maximum atomic E-state index is 13.4. The second-order valence-corrected chi connectivity index (χ2v) is 3.83. The van der Waals surface area contributed by atoms with Gasteiger partial charge >= 0.3 is 0 Å². The quantitative estimate of drug-likeness (QED) is 0.868. The molecule has 0 aliphatic carbocycles. The standard InChI is InChI=1S/C12H8F2N2OS/c13-7-3-4-8(14)10(6-7)17-9-2-1-5-16-11(9)12(15)18/h1-6H,(H2,15,18). The van der Waals surface area contributed by atoms with Gasteiger partial charge in [-0.1, -0.05) is 12.2 Å². The average molecular weight is 266 g/mol. The highest BCUT2D eigenvalue weighted by atomic mass is 32.1. The zero-order valence-electron chi connectivity index (χ0n) is 9.06. The van der Waals surface area contributed by atoms with Crippen molar-refractivity contribution in [2.24, 2.45) is 5.73 Å². The maximum absolute atomic E-state index is 13.4. The highest BCUT2D eigenvalue weighted by Crippen LogP contribution is 2.26. The van der Waals surface area contributed by atoms with Crippen molar-refractivity contribution in [2.75, 3.05) is 0 Å². The molecule has 92 valence electrons. The Morgan fingerprint density at radius 1 is 1.22 bits per heavy atom. The van der Waals surface area contributed by atoms with Crippen LogP contribution in [-0.2, 0) is 0 Å². The maximum Gasteiger partial charge on any atom is 0.166 e. The van der Waals surface area contributed by atoms with Gasteiger partial charge < -0.3 is 10.5 Å². The van der Waals surface area contributed by atoms with Gasteiger partial charge in [0.05, 0.1) is 0 Å². The number of hydrogen-bond acceptors (Lipinski definition) is 3. The first-order chi connectivity index (χ1) is 8.58. The van der Waals surface area contributed by atoms with Crippen molar-refractivity contribution in [3.8, 4) is 11.5 Å². The summed E-state index contributed by atoms with van der Waals surface area (Å²) in [6.45, 7) is 0. The molecule has 1 aromatic heterocycles. The molecule has 1 heterocycles. The molecule has 2 rings (SSSR count). The normalized spacial score (nSPS) is 10.1. The van der Waals surface area contributed by atoms with E-state index in [1.165, 1.54) is 12.3 Å². The van der Waals surface area contributed by atoms with Crippen LogP contribution in [0.5, 0.6) is 11.5 Å². The number of thiocarbonyl (C=S) groups is 1. The summed E-state index contributed by atoms with van der Waals surface area (Å²) in [6.07, 6.45) is 1.48. The summed E-state index contributed by atoms with van der Waals surface area (Å²) >= 11 is 4.79. The first kappa shape index (κ1) is 12.4. The largest absolute Gasteiger partial charge is 0.452 e. The van der Waals surface area contributed by atoms with E-state index >= 15 is 0 Å². The highest BCUT2D eigenvalue weighted by molar-refractivity contribution is 7.80. The van der Waals surface area contributed by atoms with E-state index < -0.39 is 11.6 Å². The van der Waals surface area contributed by atoms with Gasteiger partial charge in [-0.2, -0.15) is 0 Å². The van der Waals surface area contributed by atoms with E-state index in [1.54, 1.807) is 6.07 Å². The summed E-state index contributed by atoms with van der Waals surface area (Å²) in [7, 11) is 0. The predicted octanol–water partition coefficient (Wildman–Crippen LogP) is 2.79. The van der Waals surface area contributed by atoms with Crippen LogP contribution in [0.1, 0.15) is 5.69 Å². The summed E-state index contributed by atoms with van der Waals surface area (Å²) in [5, 5.41) is 0. The molecule has 0 spiro atoms. The average Bonchev–Trinajstić information content (AvgIpc) is 2.34. The molecule has 0 radical (unpaired) electrons. The number of nitrogens with two attached hydrogens (primary N) is 1. The Morgan fingerprint density at radius 3 is 2.72 bits per heavy atom. The number of nitrogens with zero attached hydrogens (tertiary/aromatic N) is 1. The zero-order chi connectivity index (χ0) is 13.1. The Bertz CT molecular complexity index is 604. The van der Waals surface area contributed by atoms with Gasteiger partial charge in [0.1, 0.15) is 16.5 Å². The van der Waals surface area contributed by atoms with E-state index in [-0.39, 0.29) is 22.2 Å². The van der Waals surface area contributed by atoms with E-state index in [2.05, 4.69) is 4.98 Å². The Kier molecular flexibility index (Phi) is 3.47. The molecule has 0 aliphatic rings. The van der Waals surface area contributed by atoms with E-state index in [9.17, 15) is 8.78 Å². The van der Waals surface area contributed by atoms with Crippen LogP contribution < -0.4 is 10.5 Å². The van der Waals surface area contributed by atoms with Crippen LogP contribution in [0.25, 0.3) is 0 Å². The Balaban J connectivity index is 2.40. The molecule has 1 aromatic carbocycles. The molecular formula is C12H8F2N2OS. The van der Waals surface area contributed by atoms with Crippen molar-refractivity contribution in [3.05, 3.63) is 53.9 Å². The number of aromatic nitrogens is 1. The Morgan fingerprint density at radius 2 is 2.00 bits per heavy atom. The summed E-state index contributed by atoms with van der Waals surface area (Å²) in [5.41, 5.74) is 5.68. The lowest BCUT2D eigenvalue weighted by atomic mass is 10.3. The molecular weight excluding hydrogens is 258 g/mol. The molecule has 3 nitrogen and oxygen atoms in total. The van der Waals surface area contributed by atoms with Crippen LogP contribution in [0, 0.1) is 11.6 Å². The summed E-state index contributed by atoms with van der Waals surface area (Å²) in [6, 6.07) is 6.01. The number of halogens is 2. The van der Waals surface area contributed by atoms with Crippen LogP contribution in [0.15, 0.2) is 36.5 Å². The minimum absolute atomic E-state index is 0.0161. The highest BCUT2D eigenvalue weighted by Gasteiger charge is 2.11. The van der Waals surface area contributed by atoms with Crippen molar-refractivity contribution < 1.29 is 13.5 Å². The molecule has 18 heavy (non-hydrogen) atoms. The van der Waals surface area contributed by atoms with Gasteiger partial charge in [0.2, 0.25) is 0 Å².